The zero-order valence-electron chi connectivity index (χ0n) is 8.40. The molecule has 1 aliphatic rings. The van der Waals surface area contributed by atoms with Gasteiger partial charge in [-0.1, -0.05) is 12.5 Å². The number of carboxylic acids is 1. The van der Waals surface area contributed by atoms with E-state index in [4.69, 9.17) is 10.8 Å². The molecule has 3 N–H and O–H groups in total. The lowest BCUT2D eigenvalue weighted by Crippen LogP contribution is -2.33. The Morgan fingerprint density at radius 1 is 1.67 bits per heavy atom. The van der Waals surface area contributed by atoms with E-state index in [1.807, 2.05) is 0 Å². The predicted octanol–water partition coefficient (Wildman–Crippen LogP) is -0.107. The van der Waals surface area contributed by atoms with Crippen LogP contribution in [-0.2, 0) is 14.4 Å². The molecule has 0 radical (unpaired) electrons. The number of nitrogens with two attached hydrogens (primary N) is 1. The molecular formula is C10H13NO4. The van der Waals surface area contributed by atoms with Gasteiger partial charge in [0.15, 0.2) is 0 Å². The number of rotatable bonds is 3. The van der Waals surface area contributed by atoms with Crippen molar-refractivity contribution in [2.75, 3.05) is 0 Å². The van der Waals surface area contributed by atoms with E-state index in [-0.39, 0.29) is 12.3 Å². The highest BCUT2D eigenvalue weighted by atomic mass is 16.4. The van der Waals surface area contributed by atoms with E-state index < -0.39 is 23.6 Å². The zero-order valence-corrected chi connectivity index (χ0v) is 8.40. The maximum atomic E-state index is 11.2. The average molecular weight is 211 g/mol. The average Bonchev–Trinajstić information content (AvgIpc) is 2.13. The number of Topliss-reactive ketones (excluding diaryl/α,β-unsaturated/α-hetero) is 1. The second kappa shape index (κ2) is 4.35. The number of carbonyl (C=O) groups excluding carboxylic acids is 2. The molecule has 0 aromatic rings. The third kappa shape index (κ3) is 2.73. The Balaban J connectivity index is 2.72. The highest BCUT2D eigenvalue weighted by molar-refractivity contribution is 6.43. The first-order valence-corrected chi connectivity index (χ1v) is 4.67. The van der Waals surface area contributed by atoms with Crippen LogP contribution in [0.5, 0.6) is 0 Å². The van der Waals surface area contributed by atoms with Crippen molar-refractivity contribution in [3.63, 3.8) is 0 Å². The topological polar surface area (TPSA) is 97.5 Å². The number of ketones is 2. The van der Waals surface area contributed by atoms with Gasteiger partial charge in [-0.3, -0.25) is 14.4 Å². The van der Waals surface area contributed by atoms with Crippen LogP contribution in [0.1, 0.15) is 19.8 Å². The fourth-order valence-corrected chi connectivity index (χ4v) is 1.56. The number of carbonyl (C=O) groups is 3. The minimum Gasteiger partial charge on any atom is -0.480 e. The molecule has 5 nitrogen and oxygen atoms in total. The smallest absolute Gasteiger partial charge is 0.320 e. The second-order valence-corrected chi connectivity index (χ2v) is 3.79. The van der Waals surface area contributed by atoms with E-state index in [0.29, 0.717) is 12.0 Å². The van der Waals surface area contributed by atoms with Crippen LogP contribution in [0.2, 0.25) is 0 Å². The highest BCUT2D eigenvalue weighted by Gasteiger charge is 2.27. The molecule has 0 amide bonds. The summed E-state index contributed by atoms with van der Waals surface area (Å²) < 4.78 is 0. The molecule has 15 heavy (non-hydrogen) atoms. The molecule has 82 valence electrons. The normalized spacial score (nSPS) is 23.6. The Hall–Kier alpha value is -1.49. The Morgan fingerprint density at radius 3 is 2.73 bits per heavy atom. The van der Waals surface area contributed by atoms with Gasteiger partial charge < -0.3 is 10.8 Å². The van der Waals surface area contributed by atoms with Crippen LogP contribution in [0, 0.1) is 5.92 Å². The van der Waals surface area contributed by atoms with Gasteiger partial charge in [0.25, 0.3) is 0 Å². The molecule has 0 bridgehead atoms. The molecule has 0 saturated heterocycles. The van der Waals surface area contributed by atoms with Crippen molar-refractivity contribution in [3.05, 3.63) is 11.6 Å². The van der Waals surface area contributed by atoms with E-state index in [9.17, 15) is 14.4 Å². The molecule has 0 aromatic heterocycles. The lowest BCUT2D eigenvalue weighted by Gasteiger charge is -2.18. The first-order valence-electron chi connectivity index (χ1n) is 4.67. The van der Waals surface area contributed by atoms with Crippen LogP contribution in [-0.4, -0.2) is 28.7 Å². The van der Waals surface area contributed by atoms with Crippen LogP contribution in [0.25, 0.3) is 0 Å². The van der Waals surface area contributed by atoms with E-state index in [2.05, 4.69) is 0 Å². The summed E-state index contributed by atoms with van der Waals surface area (Å²) in [6.07, 6.45) is 1.76. The Labute approximate surface area is 86.9 Å². The lowest BCUT2D eigenvalue weighted by molar-refractivity contribution is -0.138. The summed E-state index contributed by atoms with van der Waals surface area (Å²) in [5.74, 6) is -2.43. The summed E-state index contributed by atoms with van der Waals surface area (Å²) in [6, 6.07) is -1.01. The quantitative estimate of drug-likeness (QED) is 0.635. The van der Waals surface area contributed by atoms with Crippen molar-refractivity contribution in [2.45, 2.75) is 25.8 Å². The van der Waals surface area contributed by atoms with Gasteiger partial charge in [0.1, 0.15) is 6.04 Å². The van der Waals surface area contributed by atoms with Crippen molar-refractivity contribution in [1.82, 2.24) is 0 Å². The van der Waals surface area contributed by atoms with Crippen LogP contribution >= 0.6 is 0 Å². The van der Waals surface area contributed by atoms with Crippen molar-refractivity contribution < 1.29 is 19.5 Å². The lowest BCUT2D eigenvalue weighted by atomic mass is 9.86. The third-order valence-corrected chi connectivity index (χ3v) is 2.39. The second-order valence-electron chi connectivity index (χ2n) is 3.79. The van der Waals surface area contributed by atoms with Crippen molar-refractivity contribution >= 4 is 17.5 Å². The van der Waals surface area contributed by atoms with Crippen LogP contribution in [0.3, 0.4) is 0 Å². The van der Waals surface area contributed by atoms with E-state index in [1.165, 1.54) is 6.08 Å². The molecule has 2 atom stereocenters. The molecule has 0 spiro atoms. The summed E-state index contributed by atoms with van der Waals surface area (Å²) in [4.78, 5) is 32.8. The molecule has 0 fully saturated rings. The molecule has 0 aromatic carbocycles. The van der Waals surface area contributed by atoms with Crippen LogP contribution in [0.4, 0.5) is 0 Å². The maximum absolute atomic E-state index is 11.2. The molecule has 1 rings (SSSR count). The molecule has 5 heteroatoms. The number of hydrogen-bond acceptors (Lipinski definition) is 4. The van der Waals surface area contributed by atoms with Crippen LogP contribution < -0.4 is 5.73 Å². The summed E-state index contributed by atoms with van der Waals surface area (Å²) in [7, 11) is 0. The molecular weight excluding hydrogens is 198 g/mol. The van der Waals surface area contributed by atoms with Gasteiger partial charge in [-0.25, -0.2) is 0 Å². The number of hydrogen-bond donors (Lipinski definition) is 2. The highest BCUT2D eigenvalue weighted by Crippen LogP contribution is 2.22. The molecule has 2 unspecified atom stereocenters. The Morgan fingerprint density at radius 2 is 2.27 bits per heavy atom. The monoisotopic (exact) mass is 211 g/mol. The van der Waals surface area contributed by atoms with Gasteiger partial charge in [-0.15, -0.1) is 0 Å². The number of aliphatic carboxylic acids is 1. The maximum Gasteiger partial charge on any atom is 0.320 e. The van der Waals surface area contributed by atoms with Gasteiger partial charge in [0, 0.05) is 5.92 Å². The Bertz CT molecular complexity index is 345. The van der Waals surface area contributed by atoms with Crippen molar-refractivity contribution in [3.8, 4) is 0 Å². The van der Waals surface area contributed by atoms with Crippen molar-refractivity contribution in [1.29, 1.82) is 0 Å². The van der Waals surface area contributed by atoms with Crippen LogP contribution in [0.15, 0.2) is 11.6 Å². The standard InChI is InChI=1S/C10H13NO4/c1-5-2-6(3-7(11)10(14)15)4-8(12)9(5)13/h4-5,7H,2-3,11H2,1H3,(H,14,15). The van der Waals surface area contributed by atoms with Gasteiger partial charge in [-0.2, -0.15) is 0 Å². The minimum absolute atomic E-state index is 0.124. The molecule has 1 aliphatic carbocycles. The number of allylic oxidation sites excluding steroid dienone is 1. The fraction of sp³-hybridized carbons (Fsp3) is 0.500. The third-order valence-electron chi connectivity index (χ3n) is 2.39. The molecule has 0 aliphatic heterocycles. The summed E-state index contributed by atoms with van der Waals surface area (Å²) in [5.41, 5.74) is 5.98. The zero-order chi connectivity index (χ0) is 11.6. The summed E-state index contributed by atoms with van der Waals surface area (Å²) in [6.45, 7) is 1.65. The SMILES string of the molecule is CC1CC(CC(N)C(=O)O)=CC(=O)C1=O. The van der Waals surface area contributed by atoms with Gasteiger partial charge in [0.05, 0.1) is 0 Å². The fourth-order valence-electron chi connectivity index (χ4n) is 1.56. The minimum atomic E-state index is -1.10. The van der Waals surface area contributed by atoms with E-state index in [0.717, 1.165) is 0 Å². The Kier molecular flexibility index (Phi) is 3.36. The van der Waals surface area contributed by atoms with Gasteiger partial charge >= 0.3 is 5.97 Å². The van der Waals surface area contributed by atoms with Gasteiger partial charge in [-0.05, 0) is 18.9 Å². The molecule has 0 heterocycles. The largest absolute Gasteiger partial charge is 0.480 e. The summed E-state index contributed by atoms with van der Waals surface area (Å²) in [5, 5.41) is 8.59. The first kappa shape index (κ1) is 11.6. The van der Waals surface area contributed by atoms with Crippen molar-refractivity contribution in [2.24, 2.45) is 11.7 Å². The summed E-state index contributed by atoms with van der Waals surface area (Å²) >= 11 is 0. The van der Waals surface area contributed by atoms with E-state index >= 15 is 0 Å². The molecule has 0 saturated carbocycles. The first-order chi connectivity index (χ1) is 6.91. The predicted molar refractivity (Wildman–Crippen MR) is 52.1 cm³/mol. The number of carboxylic acid groups (broad SMARTS) is 1. The van der Waals surface area contributed by atoms with Gasteiger partial charge in [0.2, 0.25) is 11.6 Å². The van der Waals surface area contributed by atoms with E-state index in [1.54, 1.807) is 6.92 Å².